The molecule has 0 bridgehead atoms. The Bertz CT molecular complexity index is 223. The van der Waals surface area contributed by atoms with Crippen LogP contribution in [-0.4, -0.2) is 37.1 Å². The Kier molecular flexibility index (Phi) is 2.77. The van der Waals surface area contributed by atoms with E-state index >= 15 is 0 Å². The van der Waals surface area contributed by atoms with Crippen LogP contribution in [0.1, 0.15) is 32.6 Å². The highest BCUT2D eigenvalue weighted by molar-refractivity contribution is 5.71. The van der Waals surface area contributed by atoms with Gasteiger partial charge in [0, 0.05) is 6.54 Å². The molecular weight excluding hydrogens is 178 g/mol. The van der Waals surface area contributed by atoms with E-state index in [1.165, 1.54) is 25.7 Å². The fraction of sp³-hybridized carbons (Fsp3) is 0.909. The second-order valence-corrected chi connectivity index (χ2v) is 4.62. The summed E-state index contributed by atoms with van der Waals surface area (Å²) < 4.78 is 4.94. The maximum absolute atomic E-state index is 11.3. The number of esters is 1. The van der Waals surface area contributed by atoms with Gasteiger partial charge in [0.1, 0.15) is 0 Å². The van der Waals surface area contributed by atoms with Crippen molar-refractivity contribution in [1.82, 2.24) is 4.90 Å². The van der Waals surface area contributed by atoms with Crippen LogP contribution in [0.25, 0.3) is 0 Å². The third-order valence-corrected chi connectivity index (χ3v) is 3.59. The molecule has 2 rings (SSSR count). The Morgan fingerprint density at radius 2 is 2.21 bits per heavy atom. The summed E-state index contributed by atoms with van der Waals surface area (Å²) in [5.74, 6) is -0.0659. The molecule has 0 unspecified atom stereocenters. The highest BCUT2D eigenvalue weighted by atomic mass is 16.5. The molecule has 1 spiro atoms. The summed E-state index contributed by atoms with van der Waals surface area (Å²) in [6.45, 7) is 5.05. The zero-order valence-corrected chi connectivity index (χ0v) is 8.92. The maximum atomic E-state index is 11.3. The number of likely N-dealkylation sites (tertiary alicyclic amines) is 1. The molecule has 1 heterocycles. The topological polar surface area (TPSA) is 29.5 Å². The lowest BCUT2D eigenvalue weighted by Gasteiger charge is -2.38. The van der Waals surface area contributed by atoms with Gasteiger partial charge < -0.3 is 4.74 Å². The standard InChI is InChI=1S/C11H19NO2/c1-2-14-10(13)8-12-7-6-11(9-12)4-3-5-11/h2-9H2,1H3. The molecule has 0 atom stereocenters. The van der Waals surface area contributed by atoms with Gasteiger partial charge >= 0.3 is 5.97 Å². The third-order valence-electron chi connectivity index (χ3n) is 3.59. The maximum Gasteiger partial charge on any atom is 0.320 e. The Morgan fingerprint density at radius 3 is 2.71 bits per heavy atom. The monoisotopic (exact) mass is 197 g/mol. The molecule has 1 saturated carbocycles. The van der Waals surface area contributed by atoms with Crippen LogP contribution in [0.4, 0.5) is 0 Å². The molecule has 0 aromatic heterocycles. The lowest BCUT2D eigenvalue weighted by atomic mass is 9.68. The van der Waals surface area contributed by atoms with E-state index < -0.39 is 0 Å². The second-order valence-electron chi connectivity index (χ2n) is 4.62. The first-order chi connectivity index (χ1) is 6.74. The fourth-order valence-electron chi connectivity index (χ4n) is 2.64. The van der Waals surface area contributed by atoms with Crippen LogP contribution in [0.3, 0.4) is 0 Å². The van der Waals surface area contributed by atoms with Gasteiger partial charge in [-0.15, -0.1) is 0 Å². The normalized spacial score (nSPS) is 24.9. The van der Waals surface area contributed by atoms with Crippen LogP contribution >= 0.6 is 0 Å². The predicted molar refractivity (Wildman–Crippen MR) is 54.0 cm³/mol. The van der Waals surface area contributed by atoms with Gasteiger partial charge in [-0.1, -0.05) is 6.42 Å². The summed E-state index contributed by atoms with van der Waals surface area (Å²) in [5.41, 5.74) is 0.590. The van der Waals surface area contributed by atoms with Crippen molar-refractivity contribution >= 4 is 5.97 Å². The van der Waals surface area contributed by atoms with Gasteiger partial charge in [-0.25, -0.2) is 0 Å². The molecular formula is C11H19NO2. The zero-order chi connectivity index (χ0) is 10.0. The van der Waals surface area contributed by atoms with E-state index in [0.717, 1.165) is 13.1 Å². The van der Waals surface area contributed by atoms with E-state index in [1.54, 1.807) is 0 Å². The highest BCUT2D eigenvalue weighted by Crippen LogP contribution is 2.47. The number of carbonyl (C=O) groups excluding carboxylic acids is 1. The van der Waals surface area contributed by atoms with E-state index in [9.17, 15) is 4.79 Å². The molecule has 80 valence electrons. The van der Waals surface area contributed by atoms with Crippen molar-refractivity contribution < 1.29 is 9.53 Å². The van der Waals surface area contributed by atoms with Crippen molar-refractivity contribution in [2.75, 3.05) is 26.2 Å². The van der Waals surface area contributed by atoms with Gasteiger partial charge in [-0.2, -0.15) is 0 Å². The molecule has 3 nitrogen and oxygen atoms in total. The molecule has 1 aliphatic heterocycles. The van der Waals surface area contributed by atoms with Gasteiger partial charge in [-0.3, -0.25) is 9.69 Å². The SMILES string of the molecule is CCOC(=O)CN1CCC2(CCC2)C1. The highest BCUT2D eigenvalue weighted by Gasteiger charge is 2.42. The van der Waals surface area contributed by atoms with E-state index in [-0.39, 0.29) is 5.97 Å². The molecule has 2 aliphatic rings. The summed E-state index contributed by atoms with van der Waals surface area (Å²) in [4.78, 5) is 13.5. The minimum atomic E-state index is -0.0659. The van der Waals surface area contributed by atoms with E-state index in [4.69, 9.17) is 4.74 Å². The minimum Gasteiger partial charge on any atom is -0.465 e. The minimum absolute atomic E-state index is 0.0659. The van der Waals surface area contributed by atoms with Crippen LogP contribution in [0, 0.1) is 5.41 Å². The number of nitrogens with zero attached hydrogens (tertiary/aromatic N) is 1. The van der Waals surface area contributed by atoms with Crippen molar-refractivity contribution in [1.29, 1.82) is 0 Å². The molecule has 3 heteroatoms. The molecule has 0 radical (unpaired) electrons. The Hall–Kier alpha value is -0.570. The molecule has 1 aliphatic carbocycles. The molecule has 0 N–H and O–H groups in total. The molecule has 2 fully saturated rings. The number of carbonyl (C=O) groups is 1. The molecule has 14 heavy (non-hydrogen) atoms. The van der Waals surface area contributed by atoms with Crippen molar-refractivity contribution in [3.8, 4) is 0 Å². The van der Waals surface area contributed by atoms with Crippen LogP contribution < -0.4 is 0 Å². The summed E-state index contributed by atoms with van der Waals surface area (Å²) in [6, 6.07) is 0. The Morgan fingerprint density at radius 1 is 1.43 bits per heavy atom. The zero-order valence-electron chi connectivity index (χ0n) is 8.92. The predicted octanol–water partition coefficient (Wildman–Crippen LogP) is 1.43. The van der Waals surface area contributed by atoms with E-state index in [1.807, 2.05) is 6.92 Å². The van der Waals surface area contributed by atoms with Crippen LogP contribution in [0.2, 0.25) is 0 Å². The summed E-state index contributed by atoms with van der Waals surface area (Å²) in [7, 11) is 0. The third kappa shape index (κ3) is 1.92. The molecule has 0 aromatic carbocycles. The lowest BCUT2D eigenvalue weighted by molar-refractivity contribution is -0.144. The van der Waals surface area contributed by atoms with Crippen molar-refractivity contribution in [2.45, 2.75) is 32.6 Å². The molecule has 0 aromatic rings. The average Bonchev–Trinajstić information content (AvgIpc) is 2.48. The number of ether oxygens (including phenoxy) is 1. The summed E-state index contributed by atoms with van der Waals surface area (Å²) >= 11 is 0. The van der Waals surface area contributed by atoms with Crippen molar-refractivity contribution in [3.63, 3.8) is 0 Å². The van der Waals surface area contributed by atoms with Crippen LogP contribution in [0.15, 0.2) is 0 Å². The lowest BCUT2D eigenvalue weighted by Crippen LogP contribution is -2.35. The van der Waals surface area contributed by atoms with Crippen LogP contribution in [0.5, 0.6) is 0 Å². The van der Waals surface area contributed by atoms with E-state index in [0.29, 0.717) is 18.6 Å². The smallest absolute Gasteiger partial charge is 0.320 e. The molecule has 0 amide bonds. The first kappa shape index (κ1) is 9.97. The van der Waals surface area contributed by atoms with Gasteiger partial charge in [0.15, 0.2) is 0 Å². The Labute approximate surface area is 85.4 Å². The average molecular weight is 197 g/mol. The fourth-order valence-corrected chi connectivity index (χ4v) is 2.64. The van der Waals surface area contributed by atoms with Gasteiger partial charge in [0.2, 0.25) is 0 Å². The van der Waals surface area contributed by atoms with E-state index in [2.05, 4.69) is 4.90 Å². The summed E-state index contributed by atoms with van der Waals surface area (Å²) in [6.07, 6.45) is 5.40. The number of hydrogen-bond donors (Lipinski definition) is 0. The quantitative estimate of drug-likeness (QED) is 0.641. The van der Waals surface area contributed by atoms with Gasteiger partial charge in [-0.05, 0) is 38.1 Å². The molecule has 1 saturated heterocycles. The number of rotatable bonds is 3. The van der Waals surface area contributed by atoms with Crippen LogP contribution in [-0.2, 0) is 9.53 Å². The van der Waals surface area contributed by atoms with Crippen molar-refractivity contribution in [3.05, 3.63) is 0 Å². The first-order valence-electron chi connectivity index (χ1n) is 5.62. The largest absolute Gasteiger partial charge is 0.465 e. The number of hydrogen-bond acceptors (Lipinski definition) is 3. The Balaban J connectivity index is 1.75. The first-order valence-corrected chi connectivity index (χ1v) is 5.62. The van der Waals surface area contributed by atoms with Gasteiger partial charge in [0.25, 0.3) is 0 Å². The van der Waals surface area contributed by atoms with Crippen molar-refractivity contribution in [2.24, 2.45) is 5.41 Å². The van der Waals surface area contributed by atoms with Gasteiger partial charge in [0.05, 0.1) is 13.2 Å². The second kappa shape index (κ2) is 3.89. The summed E-state index contributed by atoms with van der Waals surface area (Å²) in [5, 5.41) is 0.